The van der Waals surface area contributed by atoms with Crippen LogP contribution in [0.1, 0.15) is 28.7 Å². The molecule has 0 unspecified atom stereocenters. The molecule has 1 aliphatic heterocycles. The van der Waals surface area contributed by atoms with E-state index in [0.29, 0.717) is 24.7 Å². The molecule has 3 heterocycles. The molecule has 4 rings (SSSR count). The molecule has 0 aliphatic carbocycles. The van der Waals surface area contributed by atoms with Gasteiger partial charge in [-0.05, 0) is 25.5 Å². The second-order valence-electron chi connectivity index (χ2n) is 6.94. The second kappa shape index (κ2) is 6.49. The molecule has 2 aromatic heterocycles. The number of benzene rings is 1. The first-order valence-corrected chi connectivity index (χ1v) is 8.79. The van der Waals surface area contributed by atoms with E-state index in [-0.39, 0.29) is 24.3 Å². The summed E-state index contributed by atoms with van der Waals surface area (Å²) in [6.07, 6.45) is 0.163. The zero-order chi connectivity index (χ0) is 18.3. The second-order valence-corrected chi connectivity index (χ2v) is 6.94. The molecular formula is C19H22N6O. The highest BCUT2D eigenvalue weighted by molar-refractivity contribution is 5.78. The van der Waals surface area contributed by atoms with E-state index < -0.39 is 0 Å². The van der Waals surface area contributed by atoms with Crippen molar-refractivity contribution in [1.29, 1.82) is 0 Å². The van der Waals surface area contributed by atoms with Crippen LogP contribution in [0.3, 0.4) is 0 Å². The maximum atomic E-state index is 12.7. The lowest BCUT2D eigenvalue weighted by Gasteiger charge is -2.15. The van der Waals surface area contributed by atoms with E-state index in [1.165, 1.54) is 5.56 Å². The maximum absolute atomic E-state index is 12.7. The van der Waals surface area contributed by atoms with Crippen molar-refractivity contribution in [3.05, 3.63) is 59.2 Å². The molecule has 0 bridgehead atoms. The summed E-state index contributed by atoms with van der Waals surface area (Å²) in [7, 11) is 0. The topological polar surface area (TPSA) is 89.4 Å². The third-order valence-corrected chi connectivity index (χ3v) is 4.92. The van der Waals surface area contributed by atoms with Crippen LogP contribution in [0.25, 0.3) is 5.78 Å². The van der Waals surface area contributed by atoms with Gasteiger partial charge in [0.05, 0.1) is 6.42 Å². The number of hydrogen-bond donors (Lipinski definition) is 1. The minimum absolute atomic E-state index is 0.00385. The minimum atomic E-state index is -0.0538. The number of aromatic nitrogens is 4. The summed E-state index contributed by atoms with van der Waals surface area (Å²) in [5.74, 6) is 1.20. The molecule has 2 N–H and O–H groups in total. The Bertz CT molecular complexity index is 951. The summed E-state index contributed by atoms with van der Waals surface area (Å²) in [6.45, 7) is 5.06. The average molecular weight is 350 g/mol. The van der Waals surface area contributed by atoms with E-state index in [1.807, 2.05) is 43.0 Å². The number of rotatable bonds is 3. The number of nitrogens with two attached hydrogens (primary N) is 1. The van der Waals surface area contributed by atoms with Gasteiger partial charge in [-0.1, -0.05) is 30.3 Å². The predicted octanol–water partition coefficient (Wildman–Crippen LogP) is 1.24. The van der Waals surface area contributed by atoms with Gasteiger partial charge < -0.3 is 10.6 Å². The Morgan fingerprint density at radius 3 is 2.73 bits per heavy atom. The van der Waals surface area contributed by atoms with Gasteiger partial charge in [0.15, 0.2) is 5.82 Å². The van der Waals surface area contributed by atoms with E-state index >= 15 is 0 Å². The monoisotopic (exact) mass is 350 g/mol. The van der Waals surface area contributed by atoms with Crippen molar-refractivity contribution in [2.45, 2.75) is 32.2 Å². The Morgan fingerprint density at radius 2 is 1.96 bits per heavy atom. The fourth-order valence-corrected chi connectivity index (χ4v) is 3.62. The number of aryl methyl sites for hydroxylation is 2. The first-order chi connectivity index (χ1) is 12.5. The first kappa shape index (κ1) is 16.7. The molecule has 0 radical (unpaired) electrons. The van der Waals surface area contributed by atoms with Gasteiger partial charge in [-0.25, -0.2) is 9.50 Å². The summed E-state index contributed by atoms with van der Waals surface area (Å²) >= 11 is 0. The zero-order valence-corrected chi connectivity index (χ0v) is 15.0. The Morgan fingerprint density at radius 1 is 1.19 bits per heavy atom. The van der Waals surface area contributed by atoms with E-state index in [9.17, 15) is 4.79 Å². The lowest BCUT2D eigenvalue weighted by Crippen LogP contribution is -2.33. The van der Waals surface area contributed by atoms with E-state index in [1.54, 1.807) is 4.52 Å². The van der Waals surface area contributed by atoms with Crippen LogP contribution >= 0.6 is 0 Å². The molecule has 1 fully saturated rings. The highest BCUT2D eigenvalue weighted by atomic mass is 16.2. The maximum Gasteiger partial charge on any atom is 0.252 e. The molecule has 7 nitrogen and oxygen atoms in total. The van der Waals surface area contributed by atoms with Gasteiger partial charge in [-0.3, -0.25) is 4.79 Å². The summed E-state index contributed by atoms with van der Waals surface area (Å²) in [5.41, 5.74) is 9.30. The number of nitrogens with zero attached hydrogens (tertiary/aromatic N) is 5. The van der Waals surface area contributed by atoms with Crippen molar-refractivity contribution in [3.8, 4) is 0 Å². The summed E-state index contributed by atoms with van der Waals surface area (Å²) in [5, 5.41) is 4.43. The van der Waals surface area contributed by atoms with Crippen molar-refractivity contribution >= 4 is 11.7 Å². The molecule has 0 saturated carbocycles. The largest absolute Gasteiger partial charge is 0.340 e. The van der Waals surface area contributed by atoms with Gasteiger partial charge >= 0.3 is 0 Å². The number of hydrogen-bond acceptors (Lipinski definition) is 5. The first-order valence-electron chi connectivity index (χ1n) is 8.79. The minimum Gasteiger partial charge on any atom is -0.340 e. The summed E-state index contributed by atoms with van der Waals surface area (Å²) in [6, 6.07) is 12.0. The van der Waals surface area contributed by atoms with Crippen LogP contribution in [0.5, 0.6) is 0 Å². The molecule has 7 heteroatoms. The molecule has 3 aromatic rings. The Balaban J connectivity index is 1.50. The van der Waals surface area contributed by atoms with Crippen LogP contribution in [0.2, 0.25) is 0 Å². The molecule has 1 aromatic carbocycles. The summed E-state index contributed by atoms with van der Waals surface area (Å²) in [4.78, 5) is 23.3. The van der Waals surface area contributed by atoms with Crippen LogP contribution in [0.4, 0.5) is 0 Å². The Hall–Kier alpha value is -2.80. The van der Waals surface area contributed by atoms with Crippen molar-refractivity contribution in [2.75, 3.05) is 13.1 Å². The van der Waals surface area contributed by atoms with Gasteiger partial charge in [0.25, 0.3) is 5.78 Å². The molecule has 1 aliphatic rings. The molecule has 134 valence electrons. The standard InChI is InChI=1S/C19H22N6O/c1-12-8-13(2)25-19(21-12)22-17(23-25)9-18(26)24-10-15(16(20)11-24)14-6-4-3-5-7-14/h3-8,15-16H,9-11,20H2,1-2H3/t15-,16+/m0/s1. The zero-order valence-electron chi connectivity index (χ0n) is 15.0. The lowest BCUT2D eigenvalue weighted by molar-refractivity contribution is -0.129. The van der Waals surface area contributed by atoms with Crippen molar-refractivity contribution in [3.63, 3.8) is 0 Å². The third kappa shape index (κ3) is 3.06. The van der Waals surface area contributed by atoms with Crippen LogP contribution in [-0.4, -0.2) is 49.5 Å². The molecular weight excluding hydrogens is 328 g/mol. The number of amides is 1. The van der Waals surface area contributed by atoms with Crippen molar-refractivity contribution in [2.24, 2.45) is 5.73 Å². The van der Waals surface area contributed by atoms with Crippen molar-refractivity contribution in [1.82, 2.24) is 24.5 Å². The molecule has 1 amide bonds. The molecule has 0 spiro atoms. The number of fused-ring (bicyclic) bond motifs is 1. The highest BCUT2D eigenvalue weighted by Crippen LogP contribution is 2.26. The number of carbonyl (C=O) groups excluding carboxylic acids is 1. The van der Waals surface area contributed by atoms with Gasteiger partial charge in [-0.15, -0.1) is 5.10 Å². The van der Waals surface area contributed by atoms with E-state index in [4.69, 9.17) is 5.73 Å². The number of carbonyl (C=O) groups is 1. The van der Waals surface area contributed by atoms with Gasteiger partial charge in [-0.2, -0.15) is 4.98 Å². The molecule has 26 heavy (non-hydrogen) atoms. The average Bonchev–Trinajstić information content (AvgIpc) is 3.19. The van der Waals surface area contributed by atoms with Crippen LogP contribution in [-0.2, 0) is 11.2 Å². The van der Waals surface area contributed by atoms with Gasteiger partial charge in [0.1, 0.15) is 0 Å². The van der Waals surface area contributed by atoms with Crippen LogP contribution < -0.4 is 5.73 Å². The van der Waals surface area contributed by atoms with Crippen molar-refractivity contribution < 1.29 is 4.79 Å². The Labute approximate surface area is 151 Å². The number of likely N-dealkylation sites (tertiary alicyclic amines) is 1. The summed E-state index contributed by atoms with van der Waals surface area (Å²) < 4.78 is 1.68. The SMILES string of the molecule is Cc1cc(C)n2nc(CC(=O)N3C[C@@H](N)[C@H](c4ccccc4)C3)nc2n1. The van der Waals surface area contributed by atoms with Crippen LogP contribution in [0.15, 0.2) is 36.4 Å². The molecule has 1 saturated heterocycles. The van der Waals surface area contributed by atoms with E-state index in [0.717, 1.165) is 11.4 Å². The Kier molecular flexibility index (Phi) is 4.16. The molecule has 2 atom stereocenters. The fourth-order valence-electron chi connectivity index (χ4n) is 3.62. The van der Waals surface area contributed by atoms with Crippen LogP contribution in [0, 0.1) is 13.8 Å². The predicted molar refractivity (Wildman–Crippen MR) is 97.7 cm³/mol. The fraction of sp³-hybridized carbons (Fsp3) is 0.368. The highest BCUT2D eigenvalue weighted by Gasteiger charge is 2.34. The van der Waals surface area contributed by atoms with Gasteiger partial charge in [0, 0.05) is 36.4 Å². The normalized spacial score (nSPS) is 20.0. The van der Waals surface area contributed by atoms with E-state index in [2.05, 4.69) is 27.2 Å². The third-order valence-electron chi connectivity index (χ3n) is 4.92. The smallest absolute Gasteiger partial charge is 0.252 e. The lowest BCUT2D eigenvalue weighted by atomic mass is 9.95. The van der Waals surface area contributed by atoms with Gasteiger partial charge in [0.2, 0.25) is 5.91 Å². The quantitative estimate of drug-likeness (QED) is 0.767.